The minimum atomic E-state index is -4.11. The molecule has 0 aliphatic rings. The summed E-state index contributed by atoms with van der Waals surface area (Å²) in [6, 6.07) is 6.32. The van der Waals surface area contributed by atoms with Gasteiger partial charge in [-0.15, -0.1) is 0 Å². The van der Waals surface area contributed by atoms with E-state index >= 15 is 0 Å². The van der Waals surface area contributed by atoms with Gasteiger partial charge < -0.3 is 5.73 Å². The summed E-state index contributed by atoms with van der Waals surface area (Å²) in [5, 5.41) is 0. The summed E-state index contributed by atoms with van der Waals surface area (Å²) in [6.45, 7) is 2.95. The van der Waals surface area contributed by atoms with Crippen molar-refractivity contribution in [1.29, 1.82) is 0 Å². The Kier molecular flexibility index (Phi) is 3.87. The van der Waals surface area contributed by atoms with Gasteiger partial charge in [-0.25, -0.2) is 17.2 Å². The average Bonchev–Trinajstić information content (AvgIpc) is 2.35. The second-order valence-electron chi connectivity index (χ2n) is 4.68. The van der Waals surface area contributed by atoms with E-state index in [4.69, 9.17) is 5.73 Å². The molecule has 0 spiro atoms. The highest BCUT2D eigenvalue weighted by atomic mass is 32.2. The molecule has 0 radical (unpaired) electrons. The molecule has 4 nitrogen and oxygen atoms in total. The Balaban J connectivity index is 2.50. The van der Waals surface area contributed by atoms with Gasteiger partial charge in [-0.05, 0) is 37.1 Å². The number of aryl methyl sites for hydroxylation is 2. The van der Waals surface area contributed by atoms with E-state index in [1.807, 2.05) is 4.72 Å². The normalized spacial score (nSPS) is 11.4. The average molecular weight is 312 g/mol. The maximum Gasteiger partial charge on any atom is 0.264 e. The second kappa shape index (κ2) is 5.33. The van der Waals surface area contributed by atoms with Crippen molar-refractivity contribution in [3.63, 3.8) is 0 Å². The lowest BCUT2D eigenvalue weighted by Gasteiger charge is -2.13. The minimum absolute atomic E-state index is 0.0375. The summed E-state index contributed by atoms with van der Waals surface area (Å²) in [7, 11) is -4.11. The maximum absolute atomic E-state index is 13.8. The molecule has 3 N–H and O–H groups in total. The Labute approximate surface area is 121 Å². The summed E-state index contributed by atoms with van der Waals surface area (Å²) in [6.07, 6.45) is 0. The van der Waals surface area contributed by atoms with E-state index in [0.717, 1.165) is 12.1 Å². The standard InChI is InChI=1S/C14H14F2N2O2S/c1-8-4-3-5-12(17)14(8)21(19,20)18-13-7-10(15)9(2)6-11(13)16/h3-7,18H,17H2,1-2H3. The summed E-state index contributed by atoms with van der Waals surface area (Å²) in [5.74, 6) is -1.56. The van der Waals surface area contributed by atoms with Gasteiger partial charge in [0, 0.05) is 6.07 Å². The molecule has 0 aromatic heterocycles. The first-order valence-corrected chi connectivity index (χ1v) is 7.54. The van der Waals surface area contributed by atoms with Crippen LogP contribution in [-0.2, 0) is 10.0 Å². The van der Waals surface area contributed by atoms with Crippen molar-refractivity contribution in [2.75, 3.05) is 10.5 Å². The van der Waals surface area contributed by atoms with E-state index in [1.54, 1.807) is 19.1 Å². The van der Waals surface area contributed by atoms with Crippen LogP contribution in [0.25, 0.3) is 0 Å². The molecule has 7 heteroatoms. The number of hydrogen-bond acceptors (Lipinski definition) is 3. The summed E-state index contributed by atoms with van der Waals surface area (Å²) in [5.41, 5.74) is 5.75. The first-order valence-electron chi connectivity index (χ1n) is 6.06. The third-order valence-corrected chi connectivity index (χ3v) is 4.59. The van der Waals surface area contributed by atoms with E-state index in [1.165, 1.54) is 13.0 Å². The highest BCUT2D eigenvalue weighted by Crippen LogP contribution is 2.27. The molecule has 2 aromatic rings. The van der Waals surface area contributed by atoms with E-state index in [2.05, 4.69) is 0 Å². The molecule has 0 saturated heterocycles. The van der Waals surface area contributed by atoms with Crippen molar-refractivity contribution in [2.45, 2.75) is 18.7 Å². The third-order valence-electron chi connectivity index (χ3n) is 3.00. The Morgan fingerprint density at radius 2 is 1.71 bits per heavy atom. The van der Waals surface area contributed by atoms with Crippen LogP contribution in [0.3, 0.4) is 0 Å². The van der Waals surface area contributed by atoms with Crippen molar-refractivity contribution >= 4 is 21.4 Å². The van der Waals surface area contributed by atoms with Crippen molar-refractivity contribution in [3.05, 3.63) is 53.1 Å². The van der Waals surface area contributed by atoms with Crippen molar-refractivity contribution < 1.29 is 17.2 Å². The van der Waals surface area contributed by atoms with Gasteiger partial charge in [-0.2, -0.15) is 0 Å². The quantitative estimate of drug-likeness (QED) is 0.856. The summed E-state index contributed by atoms with van der Waals surface area (Å²) in [4.78, 5) is -0.148. The van der Waals surface area contributed by atoms with Crippen LogP contribution >= 0.6 is 0 Å². The summed E-state index contributed by atoms with van der Waals surface area (Å²) >= 11 is 0. The lowest BCUT2D eigenvalue weighted by molar-refractivity contribution is 0.590. The van der Waals surface area contributed by atoms with Crippen LogP contribution < -0.4 is 10.5 Å². The number of benzene rings is 2. The molecule has 21 heavy (non-hydrogen) atoms. The number of nitrogens with one attached hydrogen (secondary N) is 1. The maximum atomic E-state index is 13.8. The van der Waals surface area contributed by atoms with Crippen LogP contribution in [0.1, 0.15) is 11.1 Å². The fraction of sp³-hybridized carbons (Fsp3) is 0.143. The van der Waals surface area contributed by atoms with Crippen LogP contribution in [0.15, 0.2) is 35.2 Å². The lowest BCUT2D eigenvalue weighted by atomic mass is 10.2. The van der Waals surface area contributed by atoms with Crippen LogP contribution in [-0.4, -0.2) is 8.42 Å². The molecule has 0 saturated carbocycles. The first-order chi connectivity index (χ1) is 9.72. The molecule has 0 atom stereocenters. The Morgan fingerprint density at radius 1 is 1.05 bits per heavy atom. The van der Waals surface area contributed by atoms with Gasteiger partial charge in [0.15, 0.2) is 0 Å². The molecule has 0 amide bonds. The van der Waals surface area contributed by atoms with E-state index in [0.29, 0.717) is 5.56 Å². The van der Waals surface area contributed by atoms with Crippen LogP contribution in [0.2, 0.25) is 0 Å². The highest BCUT2D eigenvalue weighted by Gasteiger charge is 2.22. The topological polar surface area (TPSA) is 72.2 Å². The third kappa shape index (κ3) is 2.97. The number of nitrogens with two attached hydrogens (primary N) is 1. The van der Waals surface area contributed by atoms with E-state index in [9.17, 15) is 17.2 Å². The van der Waals surface area contributed by atoms with Crippen LogP contribution in [0.5, 0.6) is 0 Å². The Hall–Kier alpha value is -2.15. The molecule has 0 bridgehead atoms. The molecule has 0 unspecified atom stereocenters. The van der Waals surface area contributed by atoms with E-state index in [-0.39, 0.29) is 16.1 Å². The first kappa shape index (κ1) is 15.2. The molecular weight excluding hydrogens is 298 g/mol. The van der Waals surface area contributed by atoms with Crippen molar-refractivity contribution in [2.24, 2.45) is 0 Å². The number of rotatable bonds is 3. The molecule has 2 rings (SSSR count). The van der Waals surface area contributed by atoms with Crippen molar-refractivity contribution in [3.8, 4) is 0 Å². The van der Waals surface area contributed by atoms with Crippen molar-refractivity contribution in [1.82, 2.24) is 0 Å². The number of hydrogen-bond donors (Lipinski definition) is 2. The number of sulfonamides is 1. The predicted octanol–water partition coefficient (Wildman–Crippen LogP) is 2.96. The zero-order chi connectivity index (χ0) is 15.8. The van der Waals surface area contributed by atoms with Crippen LogP contribution in [0.4, 0.5) is 20.2 Å². The van der Waals surface area contributed by atoms with Gasteiger partial charge >= 0.3 is 0 Å². The minimum Gasteiger partial charge on any atom is -0.398 e. The van der Waals surface area contributed by atoms with Gasteiger partial charge in [-0.3, -0.25) is 4.72 Å². The molecule has 0 fully saturated rings. The van der Waals surface area contributed by atoms with Gasteiger partial charge in [0.25, 0.3) is 10.0 Å². The fourth-order valence-electron chi connectivity index (χ4n) is 1.96. The van der Waals surface area contributed by atoms with Gasteiger partial charge in [-0.1, -0.05) is 12.1 Å². The van der Waals surface area contributed by atoms with Crippen LogP contribution in [0, 0.1) is 25.5 Å². The molecule has 0 aliphatic heterocycles. The molecule has 0 aliphatic carbocycles. The highest BCUT2D eigenvalue weighted by molar-refractivity contribution is 7.93. The Bertz CT molecular complexity index is 785. The number of halogens is 2. The zero-order valence-electron chi connectivity index (χ0n) is 11.4. The summed E-state index contributed by atoms with van der Waals surface area (Å²) < 4.78 is 53.9. The second-order valence-corrected chi connectivity index (χ2v) is 6.30. The number of anilines is 2. The van der Waals surface area contributed by atoms with Gasteiger partial charge in [0.05, 0.1) is 11.4 Å². The smallest absolute Gasteiger partial charge is 0.264 e. The number of nitrogen functional groups attached to an aromatic ring is 1. The molecule has 2 aromatic carbocycles. The lowest BCUT2D eigenvalue weighted by Crippen LogP contribution is -2.17. The molecular formula is C14H14F2N2O2S. The predicted molar refractivity (Wildman–Crippen MR) is 77.5 cm³/mol. The van der Waals surface area contributed by atoms with Gasteiger partial charge in [0.2, 0.25) is 0 Å². The molecule has 0 heterocycles. The fourth-order valence-corrected chi connectivity index (χ4v) is 3.38. The Morgan fingerprint density at radius 3 is 2.33 bits per heavy atom. The molecule has 112 valence electrons. The largest absolute Gasteiger partial charge is 0.398 e. The monoisotopic (exact) mass is 312 g/mol. The zero-order valence-corrected chi connectivity index (χ0v) is 12.3. The SMILES string of the molecule is Cc1cc(F)c(NS(=O)(=O)c2c(C)cccc2N)cc1F. The van der Waals surface area contributed by atoms with Gasteiger partial charge in [0.1, 0.15) is 16.5 Å². The van der Waals surface area contributed by atoms with E-state index < -0.39 is 27.3 Å².